The third kappa shape index (κ3) is 4.97. The minimum atomic E-state index is -1.37. The van der Waals surface area contributed by atoms with E-state index in [-0.39, 0.29) is 28.2 Å². The molecule has 1 amide bonds. The highest BCUT2D eigenvalue weighted by Crippen LogP contribution is 2.40. The average molecular weight is 521 g/mol. The molecule has 4 aromatic rings. The summed E-state index contributed by atoms with van der Waals surface area (Å²) in [6.45, 7) is 4.33. The van der Waals surface area contributed by atoms with Crippen molar-refractivity contribution in [2.24, 2.45) is 0 Å². The third-order valence-corrected chi connectivity index (χ3v) is 5.77. The summed E-state index contributed by atoms with van der Waals surface area (Å²) in [4.78, 5) is 46.1. The van der Waals surface area contributed by atoms with Crippen molar-refractivity contribution in [1.29, 1.82) is 0 Å². The van der Waals surface area contributed by atoms with Crippen molar-refractivity contribution in [3.8, 4) is 34.3 Å². The first-order valence-corrected chi connectivity index (χ1v) is 11.3. The fraction of sp³-hybridized carbons (Fsp3) is 0.192. The van der Waals surface area contributed by atoms with Gasteiger partial charge in [-0.05, 0) is 45.0 Å². The molecule has 0 aliphatic carbocycles. The number of benzene rings is 2. The molecule has 0 aliphatic rings. The fourth-order valence-corrected chi connectivity index (χ4v) is 3.63. The van der Waals surface area contributed by atoms with Gasteiger partial charge in [0.25, 0.3) is 5.91 Å². The number of hydrogen-bond donors (Lipinski definition) is 5. The van der Waals surface area contributed by atoms with Gasteiger partial charge < -0.3 is 34.9 Å². The molecule has 0 fully saturated rings. The van der Waals surface area contributed by atoms with Gasteiger partial charge >= 0.3 is 5.97 Å². The number of carbonyl (C=O) groups is 2. The Bertz CT molecular complexity index is 1630. The van der Waals surface area contributed by atoms with E-state index in [1.54, 1.807) is 20.8 Å². The van der Waals surface area contributed by atoms with Crippen molar-refractivity contribution < 1.29 is 39.2 Å². The topological polar surface area (TPSA) is 192 Å². The number of ether oxygens (including phenoxy) is 1. The number of aromatic hydroxyl groups is 3. The number of fused-ring (bicyclic) bond motifs is 1. The summed E-state index contributed by atoms with van der Waals surface area (Å²) < 4.78 is 10.9. The molecule has 12 heteroatoms. The van der Waals surface area contributed by atoms with Gasteiger partial charge in [-0.2, -0.15) is 0 Å². The predicted molar refractivity (Wildman–Crippen MR) is 133 cm³/mol. The van der Waals surface area contributed by atoms with Crippen molar-refractivity contribution in [2.75, 3.05) is 6.61 Å². The molecule has 0 spiro atoms. The van der Waals surface area contributed by atoms with Crippen molar-refractivity contribution in [3.05, 3.63) is 69.4 Å². The quantitative estimate of drug-likeness (QED) is 0.142. The molecule has 5 N–H and O–H groups in total. The number of phenolic OH excluding ortho intramolecular Hbond substituents is 3. The zero-order valence-electron chi connectivity index (χ0n) is 20.5. The van der Waals surface area contributed by atoms with E-state index in [1.807, 2.05) is 0 Å². The molecule has 0 saturated carbocycles. The highest BCUT2D eigenvalue weighted by atomic mass is 16.5. The smallest absolute Gasteiger partial charge is 0.336 e. The zero-order valence-corrected chi connectivity index (χ0v) is 20.5. The Morgan fingerprint density at radius 1 is 0.974 bits per heavy atom. The maximum absolute atomic E-state index is 12.6. The summed E-state index contributed by atoms with van der Waals surface area (Å²) in [5.74, 6) is -3.76. The van der Waals surface area contributed by atoms with E-state index in [1.165, 1.54) is 24.3 Å². The maximum atomic E-state index is 12.6. The lowest BCUT2D eigenvalue weighted by molar-refractivity contribution is -0.137. The molecule has 38 heavy (non-hydrogen) atoms. The van der Waals surface area contributed by atoms with Crippen LogP contribution in [0.1, 0.15) is 27.6 Å². The fourth-order valence-electron chi connectivity index (χ4n) is 3.63. The lowest BCUT2D eigenvalue weighted by atomic mass is 10.1. The second-order valence-electron chi connectivity index (χ2n) is 8.42. The van der Waals surface area contributed by atoms with Crippen LogP contribution in [-0.2, 0) is 4.79 Å². The third-order valence-electron chi connectivity index (χ3n) is 5.77. The molecular formula is C26H23N3O9. The van der Waals surface area contributed by atoms with E-state index in [0.717, 1.165) is 12.1 Å². The minimum absolute atomic E-state index is 0.0254. The first-order valence-electron chi connectivity index (χ1n) is 11.3. The lowest BCUT2D eigenvalue weighted by Gasteiger charge is -2.16. The largest absolute Gasteiger partial charge is 0.504 e. The lowest BCUT2D eigenvalue weighted by Crippen LogP contribution is -2.46. The molecule has 0 aliphatic heterocycles. The Labute approximate surface area is 214 Å². The number of aromatic nitrogens is 2. The molecule has 12 nitrogen and oxygen atoms in total. The number of nitrogens with one attached hydrogen (secondary N) is 1. The van der Waals surface area contributed by atoms with E-state index in [9.17, 15) is 34.8 Å². The van der Waals surface area contributed by atoms with Gasteiger partial charge in [-0.25, -0.2) is 9.78 Å². The summed E-state index contributed by atoms with van der Waals surface area (Å²) in [6.07, 6.45) is 0. The first kappa shape index (κ1) is 26.1. The second-order valence-corrected chi connectivity index (χ2v) is 8.42. The highest BCUT2D eigenvalue weighted by molar-refractivity contribution is 5.96. The Morgan fingerprint density at radius 2 is 1.63 bits per heavy atom. The molecule has 196 valence electrons. The Balaban J connectivity index is 1.51. The number of esters is 1. The van der Waals surface area contributed by atoms with Crippen LogP contribution in [0.4, 0.5) is 0 Å². The van der Waals surface area contributed by atoms with Crippen LogP contribution in [0.5, 0.6) is 23.0 Å². The normalized spacial score (nSPS) is 11.8. The van der Waals surface area contributed by atoms with Gasteiger partial charge in [-0.3, -0.25) is 14.6 Å². The molecule has 0 saturated heterocycles. The number of amides is 1. The van der Waals surface area contributed by atoms with Crippen molar-refractivity contribution in [3.63, 3.8) is 0 Å². The monoisotopic (exact) mass is 521 g/mol. The van der Waals surface area contributed by atoms with E-state index in [0.29, 0.717) is 22.6 Å². The van der Waals surface area contributed by atoms with E-state index < -0.39 is 47.2 Å². The Kier molecular flexibility index (Phi) is 7.00. The molecule has 2 aromatic heterocycles. The molecular weight excluding hydrogens is 498 g/mol. The van der Waals surface area contributed by atoms with Gasteiger partial charge in [0, 0.05) is 17.7 Å². The van der Waals surface area contributed by atoms with E-state index in [4.69, 9.17) is 9.15 Å². The molecule has 2 heterocycles. The summed E-state index contributed by atoms with van der Waals surface area (Å²) in [5, 5.41) is 41.1. The Hall–Kier alpha value is -4.97. The summed E-state index contributed by atoms with van der Waals surface area (Å²) in [7, 11) is 0. The number of hydrogen-bond acceptors (Lipinski definition) is 11. The number of rotatable bonds is 6. The van der Waals surface area contributed by atoms with Crippen LogP contribution in [-0.4, -0.2) is 54.9 Å². The molecule has 0 bridgehead atoms. The van der Waals surface area contributed by atoms with Gasteiger partial charge in [-0.1, -0.05) is 0 Å². The van der Waals surface area contributed by atoms with Gasteiger partial charge in [0.1, 0.15) is 28.2 Å². The van der Waals surface area contributed by atoms with Gasteiger partial charge in [-0.15, -0.1) is 0 Å². The molecule has 0 radical (unpaired) electrons. The van der Waals surface area contributed by atoms with Gasteiger partial charge in [0.15, 0.2) is 23.0 Å². The molecule has 4 rings (SSSR count). The number of aryl methyl sites for hydroxylation is 3. The summed E-state index contributed by atoms with van der Waals surface area (Å²) in [6, 6.07) is 6.48. The number of phenols is 3. The van der Waals surface area contributed by atoms with Crippen molar-refractivity contribution in [1.82, 2.24) is 15.3 Å². The van der Waals surface area contributed by atoms with Crippen molar-refractivity contribution >= 4 is 22.8 Å². The standard InChI is InChI=1S/C26H23N3O9/c1-11-12(2)28-22(13(3)27-11)25(35)29-16(10-30)26(36)37-15-6-4-14(5-7-15)19-8-17(31)21-20(38-19)9-18(32)23(33)24(21)34/h4-9,16,30,32-34H,10H2,1-3H3,(H,29,35)/t16-/m1/s1. The van der Waals surface area contributed by atoms with Crippen LogP contribution in [0, 0.1) is 20.8 Å². The second kappa shape index (κ2) is 10.2. The molecule has 0 unspecified atom stereocenters. The molecule has 2 aromatic carbocycles. The minimum Gasteiger partial charge on any atom is -0.504 e. The van der Waals surface area contributed by atoms with Crippen LogP contribution in [0.15, 0.2) is 45.6 Å². The number of aliphatic hydroxyl groups is 1. The first-order chi connectivity index (χ1) is 18.0. The SMILES string of the molecule is Cc1nc(C)c(C(=O)N[C@H](CO)C(=O)Oc2ccc(-c3cc(=O)c4c(O)c(O)c(O)cc4o3)cc2)nc1C. The number of nitrogens with zero attached hydrogens (tertiary/aromatic N) is 2. The summed E-state index contributed by atoms with van der Waals surface area (Å²) in [5.41, 5.74) is 1.20. The van der Waals surface area contributed by atoms with Crippen LogP contribution < -0.4 is 15.5 Å². The maximum Gasteiger partial charge on any atom is 0.336 e. The van der Waals surface area contributed by atoms with Crippen LogP contribution in [0.2, 0.25) is 0 Å². The number of aliphatic hydroxyl groups excluding tert-OH is 1. The van der Waals surface area contributed by atoms with Crippen LogP contribution >= 0.6 is 0 Å². The summed E-state index contributed by atoms with van der Waals surface area (Å²) >= 11 is 0. The van der Waals surface area contributed by atoms with Gasteiger partial charge in [0.05, 0.1) is 23.7 Å². The van der Waals surface area contributed by atoms with E-state index in [2.05, 4.69) is 15.3 Å². The zero-order chi connectivity index (χ0) is 27.7. The number of carbonyl (C=O) groups excluding carboxylic acids is 2. The molecule has 1 atom stereocenters. The highest BCUT2D eigenvalue weighted by Gasteiger charge is 2.25. The van der Waals surface area contributed by atoms with Crippen molar-refractivity contribution in [2.45, 2.75) is 26.8 Å². The Morgan fingerprint density at radius 3 is 2.29 bits per heavy atom. The van der Waals surface area contributed by atoms with Crippen LogP contribution in [0.25, 0.3) is 22.3 Å². The van der Waals surface area contributed by atoms with Gasteiger partial charge in [0.2, 0.25) is 5.75 Å². The predicted octanol–water partition coefficient (Wildman–Crippen LogP) is 1.99. The van der Waals surface area contributed by atoms with E-state index >= 15 is 0 Å². The average Bonchev–Trinajstić information content (AvgIpc) is 2.87. The van der Waals surface area contributed by atoms with Crippen LogP contribution in [0.3, 0.4) is 0 Å².